The fraction of sp³-hybridized carbons (Fsp3) is 0.269. The van der Waals surface area contributed by atoms with Crippen molar-refractivity contribution >= 4 is 27.5 Å². The molecule has 0 atom stereocenters. The Hall–Kier alpha value is -2.71. The van der Waals surface area contributed by atoms with Crippen LogP contribution in [-0.4, -0.2) is 61.2 Å². The van der Waals surface area contributed by atoms with E-state index < -0.39 is 10.0 Å². The van der Waals surface area contributed by atoms with Gasteiger partial charge in [0, 0.05) is 44.3 Å². The predicted molar refractivity (Wildman–Crippen MR) is 134 cm³/mol. The van der Waals surface area contributed by atoms with Gasteiger partial charge >= 0.3 is 0 Å². The molecule has 1 saturated heterocycles. The summed E-state index contributed by atoms with van der Waals surface area (Å²) in [6, 6.07) is 25.6. The van der Waals surface area contributed by atoms with E-state index in [1.54, 1.807) is 17.0 Å². The Bertz CT molecular complexity index is 1180. The minimum Gasteiger partial charge on any atom is -0.339 e. The molecule has 0 N–H and O–H groups in total. The Labute approximate surface area is 206 Å². The second-order valence-electron chi connectivity index (χ2n) is 8.36. The van der Waals surface area contributed by atoms with E-state index in [1.165, 1.54) is 22.0 Å². The highest BCUT2D eigenvalue weighted by atomic mass is 35.5. The van der Waals surface area contributed by atoms with Crippen LogP contribution < -0.4 is 0 Å². The summed E-state index contributed by atoms with van der Waals surface area (Å²) in [4.78, 5) is 17.4. The number of halogens is 1. The topological polar surface area (TPSA) is 60.9 Å². The molecule has 8 heteroatoms. The normalized spacial score (nSPS) is 14.9. The van der Waals surface area contributed by atoms with Crippen LogP contribution in [-0.2, 0) is 27.9 Å². The summed E-state index contributed by atoms with van der Waals surface area (Å²) in [6.07, 6.45) is 0. The summed E-state index contributed by atoms with van der Waals surface area (Å²) in [5, 5.41) is 0.456. The highest BCUT2D eigenvalue weighted by Gasteiger charge is 2.30. The third-order valence-corrected chi connectivity index (χ3v) is 8.00. The standard InChI is InChI=1S/C26H28ClN3O3S/c27-24-11-13-25(14-12-24)34(32,33)30(20-23-9-5-2-6-10-23)21-26(31)29-17-15-28(16-18-29)19-22-7-3-1-4-8-22/h1-14H,15-21H2. The van der Waals surface area contributed by atoms with Crippen molar-refractivity contribution in [3.05, 3.63) is 101 Å². The van der Waals surface area contributed by atoms with E-state index in [-0.39, 0.29) is 23.9 Å². The van der Waals surface area contributed by atoms with Gasteiger partial charge in [0.15, 0.2) is 0 Å². The molecule has 1 amide bonds. The van der Waals surface area contributed by atoms with Crippen LogP contribution in [0.3, 0.4) is 0 Å². The number of nitrogens with zero attached hydrogens (tertiary/aromatic N) is 3. The molecular weight excluding hydrogens is 470 g/mol. The number of sulfonamides is 1. The molecule has 0 aromatic heterocycles. The maximum atomic E-state index is 13.4. The van der Waals surface area contributed by atoms with Crippen molar-refractivity contribution < 1.29 is 13.2 Å². The first-order valence-corrected chi connectivity index (χ1v) is 13.1. The zero-order chi connectivity index (χ0) is 24.0. The average Bonchev–Trinajstić information content (AvgIpc) is 2.85. The summed E-state index contributed by atoms with van der Waals surface area (Å²) in [5.74, 6) is -0.187. The Morgan fingerprint density at radius 2 is 1.35 bits per heavy atom. The van der Waals surface area contributed by atoms with E-state index in [0.717, 1.165) is 25.2 Å². The molecule has 3 aromatic carbocycles. The zero-order valence-corrected chi connectivity index (χ0v) is 20.5. The number of piperazine rings is 1. The van der Waals surface area contributed by atoms with Crippen molar-refractivity contribution in [3.8, 4) is 0 Å². The molecule has 34 heavy (non-hydrogen) atoms. The summed E-state index contributed by atoms with van der Waals surface area (Å²) < 4.78 is 28.1. The van der Waals surface area contributed by atoms with Gasteiger partial charge in [-0.15, -0.1) is 0 Å². The van der Waals surface area contributed by atoms with Crippen molar-refractivity contribution in [3.63, 3.8) is 0 Å². The molecule has 0 aliphatic carbocycles. The Kier molecular flexibility index (Phi) is 8.00. The Morgan fingerprint density at radius 1 is 0.794 bits per heavy atom. The lowest BCUT2D eigenvalue weighted by molar-refractivity contribution is -0.133. The smallest absolute Gasteiger partial charge is 0.243 e. The second-order valence-corrected chi connectivity index (χ2v) is 10.7. The van der Waals surface area contributed by atoms with Crippen LogP contribution in [0, 0.1) is 0 Å². The monoisotopic (exact) mass is 497 g/mol. The SMILES string of the molecule is O=C(CN(Cc1ccccc1)S(=O)(=O)c1ccc(Cl)cc1)N1CCN(Cc2ccccc2)CC1. The third kappa shape index (κ3) is 6.24. The summed E-state index contributed by atoms with van der Waals surface area (Å²) in [6.45, 7) is 3.40. The molecule has 0 spiro atoms. The molecule has 0 bridgehead atoms. The van der Waals surface area contributed by atoms with Gasteiger partial charge in [-0.05, 0) is 35.4 Å². The molecular formula is C26H28ClN3O3S. The van der Waals surface area contributed by atoms with Gasteiger partial charge in [0.1, 0.15) is 0 Å². The molecule has 178 valence electrons. The minimum absolute atomic E-state index is 0.117. The molecule has 0 radical (unpaired) electrons. The second kappa shape index (κ2) is 11.1. The number of amides is 1. The highest BCUT2D eigenvalue weighted by Crippen LogP contribution is 2.21. The lowest BCUT2D eigenvalue weighted by atomic mass is 10.2. The largest absolute Gasteiger partial charge is 0.339 e. The lowest BCUT2D eigenvalue weighted by Gasteiger charge is -2.35. The summed E-state index contributed by atoms with van der Waals surface area (Å²) in [5.41, 5.74) is 2.06. The van der Waals surface area contributed by atoms with E-state index in [1.807, 2.05) is 48.5 Å². The van der Waals surface area contributed by atoms with Crippen LogP contribution in [0.1, 0.15) is 11.1 Å². The van der Waals surface area contributed by atoms with Crippen LogP contribution in [0.15, 0.2) is 89.8 Å². The van der Waals surface area contributed by atoms with Crippen LogP contribution in [0.4, 0.5) is 0 Å². The lowest BCUT2D eigenvalue weighted by Crippen LogP contribution is -2.51. The van der Waals surface area contributed by atoms with E-state index in [9.17, 15) is 13.2 Å². The van der Waals surface area contributed by atoms with Gasteiger partial charge in [-0.3, -0.25) is 9.69 Å². The Balaban J connectivity index is 1.44. The first kappa shape index (κ1) is 24.4. The van der Waals surface area contributed by atoms with Gasteiger partial charge in [0.05, 0.1) is 11.4 Å². The maximum absolute atomic E-state index is 13.4. The Morgan fingerprint density at radius 3 is 1.94 bits per heavy atom. The predicted octanol–water partition coefficient (Wildman–Crippen LogP) is 3.88. The fourth-order valence-corrected chi connectivity index (χ4v) is 5.52. The molecule has 0 saturated carbocycles. The molecule has 1 fully saturated rings. The van der Waals surface area contributed by atoms with Crippen molar-refractivity contribution in [2.24, 2.45) is 0 Å². The van der Waals surface area contributed by atoms with Crippen LogP contribution in [0.2, 0.25) is 5.02 Å². The number of hydrogen-bond donors (Lipinski definition) is 0. The van der Waals surface area contributed by atoms with Crippen molar-refractivity contribution in [2.75, 3.05) is 32.7 Å². The van der Waals surface area contributed by atoms with E-state index in [2.05, 4.69) is 17.0 Å². The van der Waals surface area contributed by atoms with Crippen LogP contribution >= 0.6 is 11.6 Å². The van der Waals surface area contributed by atoms with Gasteiger partial charge in [-0.25, -0.2) is 8.42 Å². The summed E-state index contributed by atoms with van der Waals surface area (Å²) in [7, 11) is -3.88. The van der Waals surface area contributed by atoms with Crippen molar-refractivity contribution in [1.29, 1.82) is 0 Å². The first-order chi connectivity index (χ1) is 16.4. The zero-order valence-electron chi connectivity index (χ0n) is 18.9. The van der Waals surface area contributed by atoms with Crippen LogP contribution in [0.25, 0.3) is 0 Å². The average molecular weight is 498 g/mol. The number of carbonyl (C=O) groups is 1. The van der Waals surface area contributed by atoms with Gasteiger partial charge in [-0.1, -0.05) is 72.3 Å². The summed E-state index contributed by atoms with van der Waals surface area (Å²) >= 11 is 5.95. The molecule has 1 heterocycles. The molecule has 3 aromatic rings. The maximum Gasteiger partial charge on any atom is 0.243 e. The molecule has 6 nitrogen and oxygen atoms in total. The van der Waals surface area contributed by atoms with Gasteiger partial charge in [-0.2, -0.15) is 4.31 Å². The van der Waals surface area contributed by atoms with E-state index in [4.69, 9.17) is 11.6 Å². The van der Waals surface area contributed by atoms with Crippen LogP contribution in [0.5, 0.6) is 0 Å². The molecule has 1 aliphatic heterocycles. The van der Waals surface area contributed by atoms with Crippen molar-refractivity contribution in [1.82, 2.24) is 14.1 Å². The first-order valence-electron chi connectivity index (χ1n) is 11.3. The van der Waals surface area contributed by atoms with Gasteiger partial charge in [0.2, 0.25) is 15.9 Å². The third-order valence-electron chi connectivity index (χ3n) is 5.94. The number of hydrogen-bond acceptors (Lipinski definition) is 4. The quantitative estimate of drug-likeness (QED) is 0.474. The molecule has 1 aliphatic rings. The number of rotatable bonds is 8. The van der Waals surface area contributed by atoms with Gasteiger partial charge < -0.3 is 4.90 Å². The number of benzene rings is 3. The van der Waals surface area contributed by atoms with E-state index >= 15 is 0 Å². The minimum atomic E-state index is -3.88. The van der Waals surface area contributed by atoms with Gasteiger partial charge in [0.25, 0.3) is 0 Å². The fourth-order valence-electron chi connectivity index (χ4n) is 4.02. The van der Waals surface area contributed by atoms with E-state index in [0.29, 0.717) is 18.1 Å². The highest BCUT2D eigenvalue weighted by molar-refractivity contribution is 7.89. The molecule has 0 unspecified atom stereocenters. The number of carbonyl (C=O) groups excluding carboxylic acids is 1. The van der Waals surface area contributed by atoms with Crippen molar-refractivity contribution in [2.45, 2.75) is 18.0 Å². The molecule has 4 rings (SSSR count).